The second-order valence-electron chi connectivity index (χ2n) is 15.5. The van der Waals surface area contributed by atoms with Gasteiger partial charge in [0.05, 0.1) is 5.56 Å². The zero-order valence-electron chi connectivity index (χ0n) is 30.8. The molecule has 0 unspecified atom stereocenters. The molecular weight excluding hydrogens is 584 g/mol. The van der Waals surface area contributed by atoms with Crippen LogP contribution in [-0.2, 0) is 20.4 Å². The minimum absolute atomic E-state index is 0.0501. The number of esters is 1. The number of hydrogen-bond acceptors (Lipinski definition) is 5. The van der Waals surface area contributed by atoms with E-state index in [-0.39, 0.29) is 29.4 Å². The van der Waals surface area contributed by atoms with Crippen molar-refractivity contribution in [2.24, 2.45) is 0 Å². The van der Waals surface area contributed by atoms with Crippen LogP contribution in [-0.4, -0.2) is 24.3 Å². The standard InChI is InChI=1S/C42H64O5/c1-8-9-10-11-12-13-14-15-16-17-18-19-20-21-22-23-37(43)46-29-28-45-34-26-24-32(25-27-34)38-35-30-33(41(2,3)4)31-36(42(5,6)7)39(35)47-40(38)44/h24-27,30-31,44H,8-23,28-29H2,1-7H3. The molecule has 0 aliphatic heterocycles. The topological polar surface area (TPSA) is 68.9 Å². The Labute approximate surface area is 285 Å². The van der Waals surface area contributed by atoms with E-state index >= 15 is 0 Å². The second-order valence-corrected chi connectivity index (χ2v) is 15.5. The summed E-state index contributed by atoms with van der Waals surface area (Å²) in [4.78, 5) is 12.2. The highest BCUT2D eigenvalue weighted by Crippen LogP contribution is 2.45. The van der Waals surface area contributed by atoms with Crippen LogP contribution >= 0.6 is 0 Å². The van der Waals surface area contributed by atoms with Crippen LogP contribution in [0.5, 0.6) is 11.7 Å². The number of furan rings is 1. The summed E-state index contributed by atoms with van der Waals surface area (Å²) in [6, 6.07) is 12.0. The summed E-state index contributed by atoms with van der Waals surface area (Å²) in [5.74, 6) is 0.460. The predicted octanol–water partition coefficient (Wildman–Crippen LogP) is 12.6. The maximum atomic E-state index is 12.2. The molecule has 5 heteroatoms. The number of aromatic hydroxyl groups is 1. The lowest BCUT2D eigenvalue weighted by Gasteiger charge is -2.25. The lowest BCUT2D eigenvalue weighted by atomic mass is 9.79. The fraction of sp³-hybridized carbons (Fsp3) is 0.643. The van der Waals surface area contributed by atoms with Gasteiger partial charge in [-0.2, -0.15) is 0 Å². The molecule has 0 bridgehead atoms. The largest absolute Gasteiger partial charge is 0.490 e. The van der Waals surface area contributed by atoms with E-state index in [1.54, 1.807) is 0 Å². The minimum Gasteiger partial charge on any atom is -0.490 e. The Morgan fingerprint density at radius 1 is 0.702 bits per heavy atom. The van der Waals surface area contributed by atoms with E-state index in [1.807, 2.05) is 24.3 Å². The summed E-state index contributed by atoms with van der Waals surface area (Å²) in [5, 5.41) is 11.8. The molecular formula is C42H64O5. The van der Waals surface area contributed by atoms with Crippen molar-refractivity contribution in [1.82, 2.24) is 0 Å². The van der Waals surface area contributed by atoms with Crippen molar-refractivity contribution in [3.05, 3.63) is 47.5 Å². The van der Waals surface area contributed by atoms with Crippen LogP contribution < -0.4 is 4.74 Å². The van der Waals surface area contributed by atoms with E-state index in [2.05, 4.69) is 60.6 Å². The fourth-order valence-electron chi connectivity index (χ4n) is 6.20. The van der Waals surface area contributed by atoms with Gasteiger partial charge in [-0.15, -0.1) is 0 Å². The monoisotopic (exact) mass is 648 g/mol. The minimum atomic E-state index is -0.148. The molecule has 0 saturated heterocycles. The highest BCUT2D eigenvalue weighted by atomic mass is 16.6. The Balaban J connectivity index is 1.33. The van der Waals surface area contributed by atoms with Crippen LogP contribution in [0.3, 0.4) is 0 Å². The Hall–Kier alpha value is -2.95. The van der Waals surface area contributed by atoms with Gasteiger partial charge >= 0.3 is 5.97 Å². The van der Waals surface area contributed by atoms with E-state index in [0.29, 0.717) is 24.3 Å². The van der Waals surface area contributed by atoms with Gasteiger partial charge in [0.2, 0.25) is 0 Å². The maximum absolute atomic E-state index is 12.2. The molecule has 0 amide bonds. The average molecular weight is 649 g/mol. The first-order valence-electron chi connectivity index (χ1n) is 18.6. The quantitative estimate of drug-likeness (QED) is 0.0919. The van der Waals surface area contributed by atoms with Gasteiger partial charge in [-0.3, -0.25) is 4.79 Å². The van der Waals surface area contributed by atoms with Crippen molar-refractivity contribution in [3.63, 3.8) is 0 Å². The van der Waals surface area contributed by atoms with Crippen LogP contribution in [0.1, 0.15) is 162 Å². The summed E-state index contributed by atoms with van der Waals surface area (Å²) in [6.07, 6.45) is 20.1. The van der Waals surface area contributed by atoms with Gasteiger partial charge < -0.3 is 19.0 Å². The molecule has 1 N–H and O–H groups in total. The molecule has 5 nitrogen and oxygen atoms in total. The van der Waals surface area contributed by atoms with Gasteiger partial charge in [0.15, 0.2) is 0 Å². The van der Waals surface area contributed by atoms with Gasteiger partial charge in [-0.05, 0) is 46.6 Å². The van der Waals surface area contributed by atoms with E-state index in [4.69, 9.17) is 13.9 Å². The zero-order chi connectivity index (χ0) is 34.3. The second kappa shape index (κ2) is 19.1. The summed E-state index contributed by atoms with van der Waals surface area (Å²) in [5.41, 5.74) is 4.36. The summed E-state index contributed by atoms with van der Waals surface area (Å²) in [7, 11) is 0. The van der Waals surface area contributed by atoms with Gasteiger partial charge in [-0.25, -0.2) is 0 Å². The molecule has 0 radical (unpaired) electrons. The highest BCUT2D eigenvalue weighted by molar-refractivity contribution is 5.99. The maximum Gasteiger partial charge on any atom is 0.305 e. The van der Waals surface area contributed by atoms with Crippen LogP contribution in [0.25, 0.3) is 22.1 Å². The van der Waals surface area contributed by atoms with Crippen molar-refractivity contribution in [2.75, 3.05) is 13.2 Å². The van der Waals surface area contributed by atoms with Crippen LogP contribution in [0.2, 0.25) is 0 Å². The summed E-state index contributed by atoms with van der Waals surface area (Å²) >= 11 is 0. The van der Waals surface area contributed by atoms with Gasteiger partial charge in [0, 0.05) is 17.4 Å². The zero-order valence-corrected chi connectivity index (χ0v) is 30.8. The Kier molecular flexibility index (Phi) is 15.7. The average Bonchev–Trinajstić information content (AvgIpc) is 3.35. The molecule has 47 heavy (non-hydrogen) atoms. The third-order valence-corrected chi connectivity index (χ3v) is 9.19. The van der Waals surface area contributed by atoms with Crippen LogP contribution in [0.15, 0.2) is 40.8 Å². The number of carbonyl (C=O) groups excluding carboxylic acids is 1. The van der Waals surface area contributed by atoms with Crippen molar-refractivity contribution in [1.29, 1.82) is 0 Å². The van der Waals surface area contributed by atoms with Gasteiger partial charge in [0.1, 0.15) is 24.5 Å². The lowest BCUT2D eigenvalue weighted by molar-refractivity contribution is -0.144. The Bertz CT molecular complexity index is 1340. The molecule has 3 aromatic rings. The number of rotatable bonds is 21. The number of carbonyl (C=O) groups is 1. The van der Waals surface area contributed by atoms with Crippen LogP contribution in [0, 0.1) is 0 Å². The molecule has 0 atom stereocenters. The van der Waals surface area contributed by atoms with Crippen LogP contribution in [0.4, 0.5) is 0 Å². The first kappa shape index (κ1) is 38.5. The van der Waals surface area contributed by atoms with Crippen molar-refractivity contribution >= 4 is 16.9 Å². The molecule has 0 aliphatic rings. The Morgan fingerprint density at radius 3 is 1.74 bits per heavy atom. The van der Waals surface area contributed by atoms with Crippen molar-refractivity contribution in [3.8, 4) is 22.8 Å². The van der Waals surface area contributed by atoms with Gasteiger partial charge in [0.25, 0.3) is 5.95 Å². The predicted molar refractivity (Wildman–Crippen MR) is 197 cm³/mol. The first-order chi connectivity index (χ1) is 22.4. The lowest BCUT2D eigenvalue weighted by Crippen LogP contribution is -2.16. The fourth-order valence-corrected chi connectivity index (χ4v) is 6.20. The number of ether oxygens (including phenoxy) is 2. The third-order valence-electron chi connectivity index (χ3n) is 9.19. The Morgan fingerprint density at radius 2 is 1.23 bits per heavy atom. The molecule has 0 aliphatic carbocycles. The molecule has 3 rings (SSSR count). The van der Waals surface area contributed by atoms with Crippen molar-refractivity contribution < 1.29 is 23.8 Å². The van der Waals surface area contributed by atoms with E-state index in [9.17, 15) is 9.90 Å². The highest BCUT2D eigenvalue weighted by Gasteiger charge is 2.27. The summed E-state index contributed by atoms with van der Waals surface area (Å²) < 4.78 is 17.2. The number of fused-ring (bicyclic) bond motifs is 1. The van der Waals surface area contributed by atoms with E-state index < -0.39 is 0 Å². The summed E-state index contributed by atoms with van der Waals surface area (Å²) in [6.45, 7) is 15.9. The number of hydrogen-bond donors (Lipinski definition) is 1. The van der Waals surface area contributed by atoms with Crippen molar-refractivity contribution in [2.45, 2.75) is 162 Å². The normalized spacial score (nSPS) is 12.1. The number of benzene rings is 2. The molecule has 1 aromatic heterocycles. The first-order valence-corrected chi connectivity index (χ1v) is 18.6. The molecule has 1 heterocycles. The SMILES string of the molecule is CCCCCCCCCCCCCCCCCC(=O)OCCOc1ccc(-c2c(O)oc3c(C(C)(C)C)cc(C(C)(C)C)cc23)cc1. The molecule has 262 valence electrons. The van der Waals surface area contributed by atoms with Gasteiger partial charge in [-0.1, -0.05) is 157 Å². The van der Waals surface area contributed by atoms with E-state index in [1.165, 1.54) is 89.0 Å². The molecule has 0 spiro atoms. The smallest absolute Gasteiger partial charge is 0.305 e. The number of unbranched alkanes of at least 4 members (excludes halogenated alkanes) is 14. The van der Waals surface area contributed by atoms with E-state index in [0.717, 1.165) is 34.9 Å². The molecule has 0 saturated carbocycles. The third kappa shape index (κ3) is 12.9. The molecule has 2 aromatic carbocycles. The molecule has 0 fully saturated rings.